The van der Waals surface area contributed by atoms with Crippen LogP contribution in [-0.4, -0.2) is 46.7 Å². The standard InChI is InChI=1S/C16H21NO6/c1-3-22-12-5-10-11(6-13(12)23-4-2)15(20)16(21)17-14(10)9(7-18)8-19/h5-6,9,18-20H,3-4,7-8H2,1-2H3,(H,17,21). The number of aliphatic hydroxyl groups is 2. The lowest BCUT2D eigenvalue weighted by Crippen LogP contribution is -2.17. The highest BCUT2D eigenvalue weighted by Crippen LogP contribution is 2.37. The number of pyridine rings is 1. The number of ether oxygens (including phenoxy) is 2. The number of hydrogen-bond acceptors (Lipinski definition) is 6. The molecule has 1 aromatic carbocycles. The summed E-state index contributed by atoms with van der Waals surface area (Å²) in [5.41, 5.74) is -0.345. The highest BCUT2D eigenvalue weighted by molar-refractivity contribution is 5.92. The molecule has 0 spiro atoms. The molecule has 0 aliphatic carbocycles. The molecule has 0 bridgehead atoms. The van der Waals surface area contributed by atoms with Crippen molar-refractivity contribution in [2.24, 2.45) is 0 Å². The third kappa shape index (κ3) is 3.25. The number of H-pyrrole nitrogens is 1. The van der Waals surface area contributed by atoms with Crippen molar-refractivity contribution in [2.45, 2.75) is 19.8 Å². The summed E-state index contributed by atoms with van der Waals surface area (Å²) in [5, 5.41) is 29.6. The van der Waals surface area contributed by atoms with Gasteiger partial charge in [0, 0.05) is 22.4 Å². The van der Waals surface area contributed by atoms with E-state index >= 15 is 0 Å². The van der Waals surface area contributed by atoms with E-state index < -0.39 is 17.2 Å². The first kappa shape index (κ1) is 17.1. The Hall–Kier alpha value is -2.25. The zero-order valence-corrected chi connectivity index (χ0v) is 13.1. The van der Waals surface area contributed by atoms with Gasteiger partial charge in [0.05, 0.1) is 26.4 Å². The van der Waals surface area contributed by atoms with Gasteiger partial charge in [-0.25, -0.2) is 0 Å². The maximum atomic E-state index is 11.9. The Bertz CT molecular complexity index is 735. The number of hydrogen-bond donors (Lipinski definition) is 4. The van der Waals surface area contributed by atoms with Crippen LogP contribution < -0.4 is 15.0 Å². The van der Waals surface area contributed by atoms with Gasteiger partial charge >= 0.3 is 0 Å². The van der Waals surface area contributed by atoms with Gasteiger partial charge in [-0.05, 0) is 26.0 Å². The average Bonchev–Trinajstić information content (AvgIpc) is 2.54. The molecule has 0 amide bonds. The van der Waals surface area contributed by atoms with E-state index in [1.165, 1.54) is 6.07 Å². The predicted molar refractivity (Wildman–Crippen MR) is 85.5 cm³/mol. The minimum atomic E-state index is -0.689. The zero-order chi connectivity index (χ0) is 17.0. The number of aromatic amines is 1. The Morgan fingerprint density at radius 3 is 2.04 bits per heavy atom. The minimum Gasteiger partial charge on any atom is -0.503 e. The fourth-order valence-corrected chi connectivity index (χ4v) is 2.45. The Morgan fingerprint density at radius 1 is 1.04 bits per heavy atom. The molecule has 0 unspecified atom stereocenters. The maximum absolute atomic E-state index is 11.9. The quantitative estimate of drug-likeness (QED) is 0.607. The molecule has 2 aromatic rings. The van der Waals surface area contributed by atoms with Crippen molar-refractivity contribution in [1.29, 1.82) is 0 Å². The van der Waals surface area contributed by atoms with Crippen molar-refractivity contribution in [3.05, 3.63) is 28.2 Å². The van der Waals surface area contributed by atoms with E-state index in [2.05, 4.69) is 4.98 Å². The zero-order valence-electron chi connectivity index (χ0n) is 13.1. The van der Waals surface area contributed by atoms with Crippen LogP contribution in [-0.2, 0) is 0 Å². The second kappa shape index (κ2) is 7.34. The van der Waals surface area contributed by atoms with Crippen LogP contribution in [0.5, 0.6) is 17.2 Å². The lowest BCUT2D eigenvalue weighted by atomic mass is 9.99. The SMILES string of the molecule is CCOc1cc2c(C(CO)CO)[nH]c(=O)c(O)c2cc1OCC. The Morgan fingerprint density at radius 2 is 1.57 bits per heavy atom. The molecule has 23 heavy (non-hydrogen) atoms. The maximum Gasteiger partial charge on any atom is 0.290 e. The van der Waals surface area contributed by atoms with Gasteiger partial charge in [-0.2, -0.15) is 0 Å². The smallest absolute Gasteiger partial charge is 0.290 e. The summed E-state index contributed by atoms with van der Waals surface area (Å²) in [4.78, 5) is 14.4. The van der Waals surface area contributed by atoms with Crippen LogP contribution in [0.15, 0.2) is 16.9 Å². The lowest BCUT2D eigenvalue weighted by Gasteiger charge is -2.17. The van der Waals surface area contributed by atoms with Crippen LogP contribution in [0.2, 0.25) is 0 Å². The van der Waals surface area contributed by atoms with E-state index in [1.54, 1.807) is 6.07 Å². The molecule has 126 valence electrons. The molecule has 0 atom stereocenters. The Balaban J connectivity index is 2.80. The highest BCUT2D eigenvalue weighted by atomic mass is 16.5. The molecular formula is C16H21NO6. The second-order valence-corrected chi connectivity index (χ2v) is 4.99. The molecule has 0 saturated carbocycles. The first-order valence-electron chi connectivity index (χ1n) is 7.47. The Labute approximate surface area is 133 Å². The first-order valence-corrected chi connectivity index (χ1v) is 7.47. The summed E-state index contributed by atoms with van der Waals surface area (Å²) in [6.45, 7) is 3.77. The molecule has 7 nitrogen and oxygen atoms in total. The largest absolute Gasteiger partial charge is 0.503 e. The van der Waals surface area contributed by atoms with E-state index in [4.69, 9.17) is 9.47 Å². The van der Waals surface area contributed by atoms with Gasteiger partial charge in [-0.15, -0.1) is 0 Å². The third-order valence-corrected chi connectivity index (χ3v) is 3.54. The van der Waals surface area contributed by atoms with Gasteiger partial charge in [0.25, 0.3) is 5.56 Å². The van der Waals surface area contributed by atoms with Gasteiger partial charge in [-0.1, -0.05) is 0 Å². The molecule has 4 N–H and O–H groups in total. The number of aromatic hydroxyl groups is 1. The third-order valence-electron chi connectivity index (χ3n) is 3.54. The summed E-state index contributed by atoms with van der Waals surface area (Å²) < 4.78 is 11.0. The van der Waals surface area contributed by atoms with Crippen LogP contribution in [0.3, 0.4) is 0 Å². The van der Waals surface area contributed by atoms with Crippen LogP contribution in [0.25, 0.3) is 10.8 Å². The molecule has 1 aromatic heterocycles. The number of rotatable bonds is 7. The summed E-state index contributed by atoms with van der Waals surface area (Å²) in [6.07, 6.45) is 0. The fraction of sp³-hybridized carbons (Fsp3) is 0.438. The van der Waals surface area contributed by atoms with Gasteiger partial charge in [0.2, 0.25) is 0 Å². The summed E-state index contributed by atoms with van der Waals surface area (Å²) in [5.74, 6) is -0.233. The molecule has 0 aliphatic heterocycles. The predicted octanol–water partition coefficient (Wildman–Crippen LogP) is 1.10. The minimum absolute atomic E-state index is 0.280. The van der Waals surface area contributed by atoms with E-state index in [-0.39, 0.29) is 18.6 Å². The van der Waals surface area contributed by atoms with Crippen LogP contribution in [0.1, 0.15) is 25.5 Å². The van der Waals surface area contributed by atoms with Crippen LogP contribution >= 0.6 is 0 Å². The number of aliphatic hydroxyl groups excluding tert-OH is 2. The monoisotopic (exact) mass is 323 g/mol. The van der Waals surface area contributed by atoms with Gasteiger partial charge in [0.1, 0.15) is 0 Å². The highest BCUT2D eigenvalue weighted by Gasteiger charge is 2.20. The molecule has 1 heterocycles. The van der Waals surface area contributed by atoms with Crippen LogP contribution in [0, 0.1) is 0 Å². The lowest BCUT2D eigenvalue weighted by molar-refractivity contribution is 0.191. The normalized spacial score (nSPS) is 11.2. The number of fused-ring (bicyclic) bond motifs is 1. The van der Waals surface area contributed by atoms with Gasteiger partial charge in [-0.3, -0.25) is 4.79 Å². The molecule has 0 radical (unpaired) electrons. The van der Waals surface area contributed by atoms with Crippen molar-refractivity contribution < 1.29 is 24.8 Å². The average molecular weight is 323 g/mol. The number of nitrogens with one attached hydrogen (secondary N) is 1. The first-order chi connectivity index (χ1) is 11.1. The van der Waals surface area contributed by atoms with Crippen molar-refractivity contribution in [3.63, 3.8) is 0 Å². The van der Waals surface area contributed by atoms with Crippen molar-refractivity contribution in [1.82, 2.24) is 4.98 Å². The molecule has 0 aliphatic rings. The second-order valence-electron chi connectivity index (χ2n) is 4.99. The summed E-state index contributed by atoms with van der Waals surface area (Å²) in [6, 6.07) is 3.16. The fourth-order valence-electron chi connectivity index (χ4n) is 2.45. The molecule has 2 rings (SSSR count). The van der Waals surface area contributed by atoms with Gasteiger partial charge < -0.3 is 29.8 Å². The van der Waals surface area contributed by atoms with Gasteiger partial charge in [0.15, 0.2) is 17.2 Å². The molecule has 0 saturated heterocycles. The molecular weight excluding hydrogens is 302 g/mol. The molecule has 7 heteroatoms. The topological polar surface area (TPSA) is 112 Å². The van der Waals surface area contributed by atoms with Crippen molar-refractivity contribution in [2.75, 3.05) is 26.4 Å². The van der Waals surface area contributed by atoms with Crippen molar-refractivity contribution in [3.8, 4) is 17.2 Å². The van der Waals surface area contributed by atoms with E-state index in [9.17, 15) is 20.1 Å². The van der Waals surface area contributed by atoms with E-state index in [1.807, 2.05) is 13.8 Å². The molecule has 0 fully saturated rings. The van der Waals surface area contributed by atoms with E-state index in [0.29, 0.717) is 35.8 Å². The summed E-state index contributed by atoms with van der Waals surface area (Å²) >= 11 is 0. The number of benzene rings is 1. The Kier molecular flexibility index (Phi) is 5.46. The van der Waals surface area contributed by atoms with E-state index in [0.717, 1.165) is 0 Å². The van der Waals surface area contributed by atoms with Crippen molar-refractivity contribution >= 4 is 10.8 Å². The van der Waals surface area contributed by atoms with Crippen LogP contribution in [0.4, 0.5) is 0 Å². The number of aromatic nitrogens is 1. The summed E-state index contributed by atoms with van der Waals surface area (Å²) in [7, 11) is 0.